The number of hydrogen-bond donors (Lipinski definition) is 0. The lowest BCUT2D eigenvalue weighted by Gasteiger charge is -2.18. The van der Waals surface area contributed by atoms with Gasteiger partial charge in [0.25, 0.3) is 0 Å². The Labute approximate surface area is 421 Å². The van der Waals surface area contributed by atoms with E-state index in [4.69, 9.17) is 14.2 Å². The van der Waals surface area contributed by atoms with E-state index in [1.807, 2.05) is 12.2 Å². The van der Waals surface area contributed by atoms with Gasteiger partial charge in [0.05, 0.1) is 13.0 Å². The lowest BCUT2D eigenvalue weighted by Crippen LogP contribution is -2.29. The molecule has 0 radical (unpaired) electrons. The molecule has 0 bridgehead atoms. The van der Waals surface area contributed by atoms with Gasteiger partial charge in [0.2, 0.25) is 0 Å². The van der Waals surface area contributed by atoms with Gasteiger partial charge >= 0.3 is 11.9 Å². The summed E-state index contributed by atoms with van der Waals surface area (Å²) in [6.07, 6.45) is 79.9. The van der Waals surface area contributed by atoms with Crippen LogP contribution in [0.15, 0.2) is 109 Å². The van der Waals surface area contributed by atoms with Crippen molar-refractivity contribution >= 4 is 11.9 Å². The number of esters is 2. The summed E-state index contributed by atoms with van der Waals surface area (Å²) >= 11 is 0. The van der Waals surface area contributed by atoms with Crippen molar-refractivity contribution in [1.82, 2.24) is 0 Å². The maximum absolute atomic E-state index is 12.8. The first kappa shape index (κ1) is 64.6. The van der Waals surface area contributed by atoms with E-state index in [1.54, 1.807) is 0 Å². The molecule has 5 heteroatoms. The molecule has 388 valence electrons. The Morgan fingerprint density at radius 3 is 1.13 bits per heavy atom. The van der Waals surface area contributed by atoms with Crippen molar-refractivity contribution in [2.45, 2.75) is 258 Å². The lowest BCUT2D eigenvalue weighted by molar-refractivity contribution is -0.162. The monoisotopic (exact) mass is 943 g/mol. The maximum Gasteiger partial charge on any atom is 0.310 e. The van der Waals surface area contributed by atoms with Crippen LogP contribution in [0.2, 0.25) is 0 Å². The molecule has 0 aromatic heterocycles. The van der Waals surface area contributed by atoms with Gasteiger partial charge in [-0.3, -0.25) is 9.59 Å². The van der Waals surface area contributed by atoms with E-state index in [9.17, 15) is 9.59 Å². The Balaban J connectivity index is 4.39. The summed E-state index contributed by atoms with van der Waals surface area (Å²) in [5, 5.41) is 0. The molecule has 1 unspecified atom stereocenters. The first-order valence-corrected chi connectivity index (χ1v) is 28.4. The number of allylic oxidation sites excluding steroid dienone is 17. The van der Waals surface area contributed by atoms with E-state index in [0.717, 1.165) is 96.3 Å². The number of hydrogen-bond acceptors (Lipinski definition) is 5. The van der Waals surface area contributed by atoms with Gasteiger partial charge in [0.1, 0.15) is 6.61 Å². The van der Waals surface area contributed by atoms with Crippen LogP contribution in [-0.2, 0) is 23.8 Å². The number of carbonyl (C=O) groups excluding carboxylic acids is 2. The molecule has 0 aromatic rings. The van der Waals surface area contributed by atoms with Gasteiger partial charge in [0, 0.05) is 13.0 Å². The average molecular weight is 944 g/mol. The van der Waals surface area contributed by atoms with Gasteiger partial charge in [-0.15, -0.1) is 0 Å². The quantitative estimate of drug-likeness (QED) is 0.0345. The van der Waals surface area contributed by atoms with Gasteiger partial charge in [0.15, 0.2) is 6.10 Å². The third kappa shape index (κ3) is 55.2. The van der Waals surface area contributed by atoms with E-state index in [0.29, 0.717) is 13.0 Å². The van der Waals surface area contributed by atoms with Crippen molar-refractivity contribution in [2.24, 2.45) is 0 Å². The number of unbranched alkanes of at least 4 members (excludes halogenated alkanes) is 23. The summed E-state index contributed by atoms with van der Waals surface area (Å²) in [6, 6.07) is 0. The number of ether oxygens (including phenoxy) is 3. The molecule has 0 aliphatic rings. The largest absolute Gasteiger partial charge is 0.462 e. The molecular formula is C63H106O5. The van der Waals surface area contributed by atoms with Gasteiger partial charge < -0.3 is 14.2 Å². The van der Waals surface area contributed by atoms with Crippen molar-refractivity contribution in [2.75, 3.05) is 19.8 Å². The third-order valence-corrected chi connectivity index (χ3v) is 11.8. The van der Waals surface area contributed by atoms with Gasteiger partial charge in [-0.05, 0) is 83.5 Å². The summed E-state index contributed by atoms with van der Waals surface area (Å²) in [6.45, 7) is 7.50. The molecule has 0 N–H and O–H groups in total. The van der Waals surface area contributed by atoms with Crippen LogP contribution in [0.5, 0.6) is 0 Å². The standard InChI is InChI=1S/C63H106O5/c1-4-7-10-13-16-19-22-25-28-30-32-33-36-38-41-44-47-50-53-56-62(64)67-60-61(68-63(65)57-54-51-48-45-42-39-35-27-24-21-18-15-12-9-6-3)59-66-58-55-52-49-46-43-40-37-34-31-29-26-23-20-17-14-11-8-5-2/h7,9-10,12,16,18-19,21,25,27-28,32-33,35,42,45,51,54,61H,4-6,8,11,13-15,17,20,22-24,26,29-31,34,36-41,43-44,46-50,52-53,55-60H2,1-3H3/b10-7-,12-9-,19-16-,21-18-,28-25-,33-32-,35-27-,45-42-,54-51-. The minimum Gasteiger partial charge on any atom is -0.462 e. The molecule has 0 aliphatic heterocycles. The molecule has 1 atom stereocenters. The highest BCUT2D eigenvalue weighted by atomic mass is 16.6. The Bertz CT molecular complexity index is 1340. The fourth-order valence-electron chi connectivity index (χ4n) is 7.70. The number of carbonyl (C=O) groups is 2. The molecule has 68 heavy (non-hydrogen) atoms. The predicted molar refractivity (Wildman–Crippen MR) is 297 cm³/mol. The lowest BCUT2D eigenvalue weighted by atomic mass is 10.0. The summed E-state index contributed by atoms with van der Waals surface area (Å²) in [4.78, 5) is 25.4. The molecule has 0 saturated heterocycles. The first-order valence-electron chi connectivity index (χ1n) is 28.4. The van der Waals surface area contributed by atoms with E-state index in [-0.39, 0.29) is 31.6 Å². The van der Waals surface area contributed by atoms with Crippen LogP contribution in [0, 0.1) is 0 Å². The topological polar surface area (TPSA) is 61.8 Å². The van der Waals surface area contributed by atoms with E-state index >= 15 is 0 Å². The van der Waals surface area contributed by atoms with Gasteiger partial charge in [-0.1, -0.05) is 265 Å². The zero-order chi connectivity index (χ0) is 49.2. The summed E-state index contributed by atoms with van der Waals surface area (Å²) in [5.41, 5.74) is 0. The predicted octanol–water partition coefficient (Wildman–Crippen LogP) is 19.6. The van der Waals surface area contributed by atoms with Crippen LogP contribution in [0.25, 0.3) is 0 Å². The highest BCUT2D eigenvalue weighted by Gasteiger charge is 2.17. The minimum atomic E-state index is -0.602. The second-order valence-corrected chi connectivity index (χ2v) is 18.5. The number of rotatable bonds is 51. The molecule has 0 amide bonds. The Kier molecular flexibility index (Phi) is 54.9. The normalized spacial score (nSPS) is 13.0. The van der Waals surface area contributed by atoms with Crippen molar-refractivity contribution in [3.05, 3.63) is 109 Å². The Hall–Kier alpha value is -3.44. The van der Waals surface area contributed by atoms with E-state index < -0.39 is 6.10 Å². The third-order valence-electron chi connectivity index (χ3n) is 11.8. The SMILES string of the molecule is CC/C=C\C/C=C\C/C=C\C/C=C\C/C=C\CC(=O)OC(COCCCCCCCCCCCCCCCCCCCC)COC(=O)CCCCCCCC/C=C\C/C=C\C/C=C\C/C=C\CC. The van der Waals surface area contributed by atoms with Crippen LogP contribution < -0.4 is 0 Å². The van der Waals surface area contributed by atoms with Crippen molar-refractivity contribution in [3.8, 4) is 0 Å². The zero-order valence-electron chi connectivity index (χ0n) is 44.6. The van der Waals surface area contributed by atoms with Crippen molar-refractivity contribution in [3.63, 3.8) is 0 Å². The van der Waals surface area contributed by atoms with Crippen molar-refractivity contribution in [1.29, 1.82) is 0 Å². The molecule has 0 spiro atoms. The van der Waals surface area contributed by atoms with E-state index in [1.165, 1.54) is 122 Å². The average Bonchev–Trinajstić information content (AvgIpc) is 3.34. The summed E-state index contributed by atoms with van der Waals surface area (Å²) in [5.74, 6) is -0.557. The van der Waals surface area contributed by atoms with E-state index in [2.05, 4.69) is 118 Å². The highest BCUT2D eigenvalue weighted by Crippen LogP contribution is 2.15. The second kappa shape index (κ2) is 57.9. The highest BCUT2D eigenvalue weighted by molar-refractivity contribution is 5.71. The van der Waals surface area contributed by atoms with Crippen LogP contribution >= 0.6 is 0 Å². The summed E-state index contributed by atoms with van der Waals surface area (Å²) < 4.78 is 17.4. The second-order valence-electron chi connectivity index (χ2n) is 18.5. The maximum atomic E-state index is 12.8. The zero-order valence-corrected chi connectivity index (χ0v) is 44.6. The Morgan fingerprint density at radius 1 is 0.353 bits per heavy atom. The van der Waals surface area contributed by atoms with Crippen LogP contribution in [-0.4, -0.2) is 37.9 Å². The molecule has 0 heterocycles. The van der Waals surface area contributed by atoms with Crippen LogP contribution in [0.3, 0.4) is 0 Å². The molecule has 0 aromatic carbocycles. The molecule has 0 rings (SSSR count). The van der Waals surface area contributed by atoms with Gasteiger partial charge in [-0.2, -0.15) is 0 Å². The fourth-order valence-corrected chi connectivity index (χ4v) is 7.70. The fraction of sp³-hybridized carbons (Fsp3) is 0.683. The molecule has 0 fully saturated rings. The summed E-state index contributed by atoms with van der Waals surface area (Å²) in [7, 11) is 0. The minimum absolute atomic E-state index is 0.0344. The Morgan fingerprint density at radius 2 is 0.706 bits per heavy atom. The van der Waals surface area contributed by atoms with Crippen LogP contribution in [0.4, 0.5) is 0 Å². The molecule has 5 nitrogen and oxygen atoms in total. The molecule has 0 saturated carbocycles. The van der Waals surface area contributed by atoms with Crippen LogP contribution in [0.1, 0.15) is 252 Å². The van der Waals surface area contributed by atoms with Gasteiger partial charge in [-0.25, -0.2) is 0 Å². The molecule has 0 aliphatic carbocycles. The first-order chi connectivity index (χ1) is 33.6. The smallest absolute Gasteiger partial charge is 0.310 e. The van der Waals surface area contributed by atoms with Crippen molar-refractivity contribution < 1.29 is 23.8 Å². The molecular weight excluding hydrogens is 837 g/mol.